The zero-order chi connectivity index (χ0) is 16.8. The predicted octanol–water partition coefficient (Wildman–Crippen LogP) is 2.77. The molecule has 1 unspecified atom stereocenters. The number of rotatable bonds is 5. The highest BCUT2D eigenvalue weighted by Crippen LogP contribution is 2.19. The topological polar surface area (TPSA) is 61.4 Å². The highest BCUT2D eigenvalue weighted by Gasteiger charge is 2.24. The molecule has 2 rings (SSSR count). The number of nitrogens with zero attached hydrogens (tertiary/aromatic N) is 1. The highest BCUT2D eigenvalue weighted by molar-refractivity contribution is 5.96. The smallest absolute Gasteiger partial charge is 0.253 e. The van der Waals surface area contributed by atoms with Crippen LogP contribution < -0.4 is 10.6 Å². The van der Waals surface area contributed by atoms with Crippen molar-refractivity contribution in [2.75, 3.05) is 32.0 Å². The molecule has 1 saturated heterocycles. The lowest BCUT2D eigenvalue weighted by atomic mass is 9.97. The molecule has 1 aliphatic heterocycles. The quantitative estimate of drug-likeness (QED) is 0.855. The van der Waals surface area contributed by atoms with Crippen molar-refractivity contribution < 1.29 is 9.59 Å². The summed E-state index contributed by atoms with van der Waals surface area (Å²) in [5.41, 5.74) is 1.41. The first-order chi connectivity index (χ1) is 11.0. The third kappa shape index (κ3) is 5.49. The Bertz CT molecular complexity index is 544. The van der Waals surface area contributed by atoms with Gasteiger partial charge in [0.15, 0.2) is 0 Å². The average molecular weight is 354 g/mol. The average Bonchev–Trinajstić information content (AvgIpc) is 2.55. The molecule has 2 amide bonds. The number of carbonyl (C=O) groups is 2. The number of amides is 2. The van der Waals surface area contributed by atoms with Gasteiger partial charge in [-0.25, -0.2) is 0 Å². The Kier molecular flexibility index (Phi) is 8.22. The summed E-state index contributed by atoms with van der Waals surface area (Å²) in [6.45, 7) is 6.29. The van der Waals surface area contributed by atoms with Crippen molar-refractivity contribution in [2.24, 2.45) is 11.8 Å². The molecule has 0 radical (unpaired) electrons. The van der Waals surface area contributed by atoms with Gasteiger partial charge in [-0.1, -0.05) is 13.8 Å². The number of anilines is 1. The minimum absolute atomic E-state index is 0. The molecule has 2 N–H and O–H groups in total. The van der Waals surface area contributed by atoms with Gasteiger partial charge in [-0.3, -0.25) is 9.59 Å². The molecule has 0 saturated carbocycles. The van der Waals surface area contributed by atoms with E-state index in [0.717, 1.165) is 31.7 Å². The monoisotopic (exact) mass is 353 g/mol. The van der Waals surface area contributed by atoms with Gasteiger partial charge in [-0.15, -0.1) is 12.4 Å². The van der Waals surface area contributed by atoms with E-state index in [4.69, 9.17) is 0 Å². The van der Waals surface area contributed by atoms with Crippen molar-refractivity contribution in [3.05, 3.63) is 29.8 Å². The van der Waals surface area contributed by atoms with Gasteiger partial charge in [0.2, 0.25) is 5.91 Å². The summed E-state index contributed by atoms with van der Waals surface area (Å²) >= 11 is 0. The van der Waals surface area contributed by atoms with E-state index in [9.17, 15) is 9.59 Å². The molecule has 0 spiro atoms. The zero-order valence-corrected chi connectivity index (χ0v) is 15.5. The number of nitrogens with one attached hydrogen (secondary N) is 2. The van der Waals surface area contributed by atoms with Crippen molar-refractivity contribution in [3.8, 4) is 0 Å². The Labute approximate surface area is 150 Å². The van der Waals surface area contributed by atoms with Crippen molar-refractivity contribution in [1.29, 1.82) is 0 Å². The van der Waals surface area contributed by atoms with Crippen LogP contribution in [0.25, 0.3) is 0 Å². The third-order valence-corrected chi connectivity index (χ3v) is 4.22. The largest absolute Gasteiger partial charge is 0.338 e. The maximum Gasteiger partial charge on any atom is 0.253 e. The van der Waals surface area contributed by atoms with Gasteiger partial charge >= 0.3 is 0 Å². The molecule has 1 heterocycles. The summed E-state index contributed by atoms with van der Waals surface area (Å²) in [6, 6.07) is 7.17. The molecular formula is C18H28ClN3O2. The lowest BCUT2D eigenvalue weighted by molar-refractivity contribution is -0.118. The van der Waals surface area contributed by atoms with Gasteiger partial charge in [0, 0.05) is 30.3 Å². The van der Waals surface area contributed by atoms with Crippen LogP contribution >= 0.6 is 12.4 Å². The van der Waals surface area contributed by atoms with Crippen LogP contribution in [0.2, 0.25) is 0 Å². The number of benzene rings is 1. The third-order valence-electron chi connectivity index (χ3n) is 4.22. The van der Waals surface area contributed by atoms with E-state index in [2.05, 4.69) is 10.6 Å². The SMILES string of the molecule is CNCC1CCCN(C(=O)c2ccc(NC(=O)C(C)C)cc2)C1.Cl. The molecule has 5 nitrogen and oxygen atoms in total. The van der Waals surface area contributed by atoms with E-state index in [0.29, 0.717) is 11.5 Å². The van der Waals surface area contributed by atoms with Crippen molar-refractivity contribution in [1.82, 2.24) is 10.2 Å². The van der Waals surface area contributed by atoms with Gasteiger partial charge in [0.1, 0.15) is 0 Å². The summed E-state index contributed by atoms with van der Waals surface area (Å²) < 4.78 is 0. The van der Waals surface area contributed by atoms with Crippen LogP contribution in [0.15, 0.2) is 24.3 Å². The predicted molar refractivity (Wildman–Crippen MR) is 99.7 cm³/mol. The van der Waals surface area contributed by atoms with Crippen LogP contribution in [0.1, 0.15) is 37.0 Å². The van der Waals surface area contributed by atoms with Gasteiger partial charge in [0.05, 0.1) is 0 Å². The number of hydrogen-bond acceptors (Lipinski definition) is 3. The van der Waals surface area contributed by atoms with E-state index < -0.39 is 0 Å². The number of halogens is 1. The molecule has 134 valence electrons. The van der Waals surface area contributed by atoms with E-state index in [-0.39, 0.29) is 30.1 Å². The Morgan fingerprint density at radius 3 is 2.50 bits per heavy atom. The van der Waals surface area contributed by atoms with Crippen LogP contribution in [0.3, 0.4) is 0 Å². The Morgan fingerprint density at radius 2 is 1.92 bits per heavy atom. The molecule has 24 heavy (non-hydrogen) atoms. The fraction of sp³-hybridized carbons (Fsp3) is 0.556. The van der Waals surface area contributed by atoms with Crippen molar-refractivity contribution >= 4 is 29.9 Å². The standard InChI is InChI=1S/C18H27N3O2.ClH/c1-13(2)17(22)20-16-8-6-15(7-9-16)18(23)21-10-4-5-14(12-21)11-19-3;/h6-9,13-14,19H,4-5,10-12H2,1-3H3,(H,20,22);1H. The van der Waals surface area contributed by atoms with Gasteiger partial charge in [-0.05, 0) is 56.6 Å². The maximum absolute atomic E-state index is 12.6. The lowest BCUT2D eigenvalue weighted by Gasteiger charge is -2.32. The molecule has 0 bridgehead atoms. The first-order valence-corrected chi connectivity index (χ1v) is 8.36. The van der Waals surface area contributed by atoms with Gasteiger partial charge in [0.25, 0.3) is 5.91 Å². The molecular weight excluding hydrogens is 326 g/mol. The van der Waals surface area contributed by atoms with Crippen LogP contribution in [0.5, 0.6) is 0 Å². The van der Waals surface area contributed by atoms with E-state index in [1.807, 2.05) is 25.8 Å². The fourth-order valence-corrected chi connectivity index (χ4v) is 2.87. The van der Waals surface area contributed by atoms with Crippen molar-refractivity contribution in [3.63, 3.8) is 0 Å². The maximum atomic E-state index is 12.6. The minimum atomic E-state index is -0.0613. The van der Waals surface area contributed by atoms with E-state index in [1.165, 1.54) is 6.42 Å². The molecule has 6 heteroatoms. The number of likely N-dealkylation sites (tertiary alicyclic amines) is 1. The summed E-state index contributed by atoms with van der Waals surface area (Å²) in [6.07, 6.45) is 2.23. The normalized spacial score (nSPS) is 17.3. The second-order valence-electron chi connectivity index (χ2n) is 6.54. The second kappa shape index (κ2) is 9.64. The summed E-state index contributed by atoms with van der Waals surface area (Å²) in [5, 5.41) is 6.03. The molecule has 0 aromatic heterocycles. The molecule has 1 aromatic rings. The molecule has 1 atom stereocenters. The van der Waals surface area contributed by atoms with Crippen LogP contribution in [-0.2, 0) is 4.79 Å². The zero-order valence-electron chi connectivity index (χ0n) is 14.7. The summed E-state index contributed by atoms with van der Waals surface area (Å²) in [7, 11) is 1.95. The number of carbonyl (C=O) groups excluding carboxylic acids is 2. The van der Waals surface area contributed by atoms with E-state index >= 15 is 0 Å². The fourth-order valence-electron chi connectivity index (χ4n) is 2.87. The highest BCUT2D eigenvalue weighted by atomic mass is 35.5. The number of piperidine rings is 1. The van der Waals surface area contributed by atoms with Crippen LogP contribution in [0, 0.1) is 11.8 Å². The summed E-state index contributed by atoms with van der Waals surface area (Å²) in [5.74, 6) is 0.527. The molecule has 1 aromatic carbocycles. The van der Waals surface area contributed by atoms with E-state index in [1.54, 1.807) is 24.3 Å². The second-order valence-corrected chi connectivity index (χ2v) is 6.54. The van der Waals surface area contributed by atoms with Crippen LogP contribution in [-0.4, -0.2) is 43.4 Å². The first-order valence-electron chi connectivity index (χ1n) is 8.36. The van der Waals surface area contributed by atoms with Crippen LogP contribution in [0.4, 0.5) is 5.69 Å². The molecule has 0 aliphatic carbocycles. The van der Waals surface area contributed by atoms with Gasteiger partial charge < -0.3 is 15.5 Å². The first kappa shape index (κ1) is 20.5. The lowest BCUT2D eigenvalue weighted by Crippen LogP contribution is -2.42. The molecule has 1 aliphatic rings. The number of hydrogen-bond donors (Lipinski definition) is 2. The van der Waals surface area contributed by atoms with Crippen molar-refractivity contribution in [2.45, 2.75) is 26.7 Å². The van der Waals surface area contributed by atoms with Gasteiger partial charge in [-0.2, -0.15) is 0 Å². The minimum Gasteiger partial charge on any atom is -0.338 e. The molecule has 1 fully saturated rings. The summed E-state index contributed by atoms with van der Waals surface area (Å²) in [4.78, 5) is 26.2. The Balaban J connectivity index is 0.00000288. The Hall–Kier alpha value is -1.59. The Morgan fingerprint density at radius 1 is 1.25 bits per heavy atom.